The maximum atomic E-state index is 13.2. The predicted molar refractivity (Wildman–Crippen MR) is 136 cm³/mol. The summed E-state index contributed by atoms with van der Waals surface area (Å²) in [6.07, 6.45) is 5.78. The van der Waals surface area contributed by atoms with Gasteiger partial charge < -0.3 is 10.6 Å². The van der Waals surface area contributed by atoms with E-state index in [0.717, 1.165) is 35.4 Å². The van der Waals surface area contributed by atoms with E-state index in [1.807, 2.05) is 54.6 Å². The Morgan fingerprint density at radius 1 is 0.848 bits per heavy atom. The number of para-hydroxylation sites is 1. The molecule has 0 spiro atoms. The lowest BCUT2D eigenvalue weighted by atomic mass is 9.95. The molecule has 33 heavy (non-hydrogen) atoms. The van der Waals surface area contributed by atoms with Crippen LogP contribution in [-0.2, 0) is 0 Å². The fraction of sp³-hybridized carbons (Fsp3) is 0.231. The van der Waals surface area contributed by atoms with Crippen molar-refractivity contribution in [1.82, 2.24) is 4.72 Å². The molecular weight excluding hydrogens is 454 g/mol. The van der Waals surface area contributed by atoms with Crippen LogP contribution in [0.25, 0.3) is 0 Å². The van der Waals surface area contributed by atoms with Crippen LogP contribution in [0.4, 0.5) is 11.4 Å². The van der Waals surface area contributed by atoms with E-state index in [-0.39, 0.29) is 11.8 Å². The van der Waals surface area contributed by atoms with Crippen molar-refractivity contribution in [3.8, 4) is 0 Å². The normalized spacial score (nSPS) is 13.8. The first-order valence-electron chi connectivity index (χ1n) is 11.1. The van der Waals surface area contributed by atoms with E-state index < -0.39 is 0 Å². The lowest BCUT2D eigenvalue weighted by Crippen LogP contribution is -2.25. The first kappa shape index (κ1) is 23.2. The predicted octanol–water partition coefficient (Wildman–Crippen LogP) is 6.77. The third-order valence-corrected chi connectivity index (χ3v) is 6.92. The van der Waals surface area contributed by atoms with Gasteiger partial charge in [0.05, 0.1) is 10.6 Å². The van der Waals surface area contributed by atoms with Gasteiger partial charge >= 0.3 is 0 Å². The Kier molecular flexibility index (Phi) is 7.92. The monoisotopic (exact) mass is 479 g/mol. The highest BCUT2D eigenvalue weighted by atomic mass is 35.5. The molecule has 0 bridgehead atoms. The molecule has 0 radical (unpaired) electrons. The van der Waals surface area contributed by atoms with Crippen LogP contribution >= 0.6 is 23.5 Å². The SMILES string of the molecule is O=C(NSc1ccccc1Cl)c1ccc(NC2CCCCC2)c(C(=O)Nc2ccccc2)c1. The summed E-state index contributed by atoms with van der Waals surface area (Å²) < 4.78 is 2.81. The maximum Gasteiger partial charge on any atom is 0.261 e. The molecule has 1 aliphatic rings. The van der Waals surface area contributed by atoms with Crippen molar-refractivity contribution in [2.45, 2.75) is 43.0 Å². The molecule has 0 aromatic heterocycles. The number of amides is 2. The molecule has 0 atom stereocenters. The van der Waals surface area contributed by atoms with Gasteiger partial charge in [-0.2, -0.15) is 0 Å². The Morgan fingerprint density at radius 3 is 2.33 bits per heavy atom. The second-order valence-corrected chi connectivity index (χ2v) is 9.28. The van der Waals surface area contributed by atoms with Crippen LogP contribution in [0.1, 0.15) is 52.8 Å². The van der Waals surface area contributed by atoms with Gasteiger partial charge in [0.25, 0.3) is 11.8 Å². The van der Waals surface area contributed by atoms with Gasteiger partial charge in [0.15, 0.2) is 0 Å². The summed E-state index contributed by atoms with van der Waals surface area (Å²) in [5.74, 6) is -0.550. The lowest BCUT2D eigenvalue weighted by molar-refractivity contribution is 0.0984. The molecule has 0 aliphatic heterocycles. The number of carbonyl (C=O) groups is 2. The van der Waals surface area contributed by atoms with Crippen molar-refractivity contribution < 1.29 is 9.59 Å². The number of halogens is 1. The highest BCUT2D eigenvalue weighted by Crippen LogP contribution is 2.27. The van der Waals surface area contributed by atoms with Gasteiger partial charge in [-0.25, -0.2) is 0 Å². The van der Waals surface area contributed by atoms with Crippen LogP contribution in [0, 0.1) is 0 Å². The molecule has 0 saturated heterocycles. The van der Waals surface area contributed by atoms with Gasteiger partial charge in [0.2, 0.25) is 0 Å². The van der Waals surface area contributed by atoms with E-state index in [1.54, 1.807) is 18.2 Å². The van der Waals surface area contributed by atoms with Crippen LogP contribution in [0.3, 0.4) is 0 Å². The minimum absolute atomic E-state index is 0.257. The summed E-state index contributed by atoms with van der Waals surface area (Å²) in [5, 5.41) is 7.03. The Labute approximate surface area is 203 Å². The Hall–Kier alpha value is -2.96. The molecule has 3 N–H and O–H groups in total. The summed E-state index contributed by atoms with van der Waals surface area (Å²) in [5.41, 5.74) is 2.29. The number of hydrogen-bond donors (Lipinski definition) is 3. The second kappa shape index (κ2) is 11.3. The number of carbonyl (C=O) groups excluding carboxylic acids is 2. The topological polar surface area (TPSA) is 70.2 Å². The van der Waals surface area contributed by atoms with Gasteiger partial charge in [0.1, 0.15) is 0 Å². The second-order valence-electron chi connectivity index (χ2n) is 8.02. The fourth-order valence-corrected chi connectivity index (χ4v) is 4.76. The van der Waals surface area contributed by atoms with Crippen LogP contribution in [0.15, 0.2) is 77.7 Å². The highest BCUT2D eigenvalue weighted by molar-refractivity contribution is 7.98. The van der Waals surface area contributed by atoms with Gasteiger partial charge in [-0.15, -0.1) is 0 Å². The standard InChI is InChI=1S/C26H26ClN3O2S/c27-22-13-7-8-14-24(22)33-30-25(31)18-15-16-23(28-19-9-3-1-4-10-19)21(17-18)26(32)29-20-11-5-2-6-12-20/h2,5-8,11-17,19,28H,1,3-4,9-10H2,(H,29,32)(H,30,31). The summed E-state index contributed by atoms with van der Waals surface area (Å²) >= 11 is 7.33. The summed E-state index contributed by atoms with van der Waals surface area (Å²) in [6, 6.07) is 22.2. The molecule has 0 unspecified atom stereocenters. The molecule has 2 amide bonds. The minimum atomic E-state index is -0.294. The molecule has 5 nitrogen and oxygen atoms in total. The third-order valence-electron chi connectivity index (χ3n) is 5.61. The molecule has 1 aliphatic carbocycles. The van der Waals surface area contributed by atoms with Gasteiger partial charge in [-0.3, -0.25) is 14.3 Å². The van der Waals surface area contributed by atoms with E-state index in [1.165, 1.54) is 19.3 Å². The van der Waals surface area contributed by atoms with Crippen molar-refractivity contribution in [2.24, 2.45) is 0 Å². The third kappa shape index (κ3) is 6.30. The minimum Gasteiger partial charge on any atom is -0.382 e. The van der Waals surface area contributed by atoms with Crippen molar-refractivity contribution >= 4 is 46.7 Å². The Morgan fingerprint density at radius 2 is 1.58 bits per heavy atom. The van der Waals surface area contributed by atoms with Crippen molar-refractivity contribution in [3.05, 3.63) is 88.9 Å². The average Bonchev–Trinajstić information content (AvgIpc) is 2.85. The van der Waals surface area contributed by atoms with Crippen molar-refractivity contribution in [3.63, 3.8) is 0 Å². The molecule has 4 rings (SSSR count). The first-order chi connectivity index (χ1) is 16.1. The molecule has 7 heteroatoms. The maximum absolute atomic E-state index is 13.2. The molecule has 1 fully saturated rings. The van der Waals surface area contributed by atoms with Crippen LogP contribution in [-0.4, -0.2) is 17.9 Å². The summed E-state index contributed by atoms with van der Waals surface area (Å²) in [4.78, 5) is 26.8. The van der Waals surface area contributed by atoms with E-state index in [2.05, 4.69) is 15.4 Å². The van der Waals surface area contributed by atoms with E-state index >= 15 is 0 Å². The Bertz CT molecular complexity index is 1120. The first-order valence-corrected chi connectivity index (χ1v) is 12.3. The zero-order valence-corrected chi connectivity index (χ0v) is 19.7. The quantitative estimate of drug-likeness (QED) is 0.327. The number of benzene rings is 3. The van der Waals surface area contributed by atoms with Gasteiger partial charge in [0, 0.05) is 27.9 Å². The zero-order chi connectivity index (χ0) is 23.0. The molecule has 3 aromatic rings. The molecular formula is C26H26ClN3O2S. The van der Waals surface area contributed by atoms with E-state index in [9.17, 15) is 9.59 Å². The van der Waals surface area contributed by atoms with Crippen molar-refractivity contribution in [1.29, 1.82) is 0 Å². The molecule has 0 heterocycles. The number of anilines is 2. The lowest BCUT2D eigenvalue weighted by Gasteiger charge is -2.25. The largest absolute Gasteiger partial charge is 0.382 e. The highest BCUT2D eigenvalue weighted by Gasteiger charge is 2.20. The number of nitrogens with one attached hydrogen (secondary N) is 3. The van der Waals surface area contributed by atoms with Gasteiger partial charge in [-0.05, 0) is 67.3 Å². The van der Waals surface area contributed by atoms with E-state index in [0.29, 0.717) is 27.9 Å². The molecule has 3 aromatic carbocycles. The smallest absolute Gasteiger partial charge is 0.261 e. The molecule has 1 saturated carbocycles. The van der Waals surface area contributed by atoms with Crippen LogP contribution in [0.2, 0.25) is 5.02 Å². The van der Waals surface area contributed by atoms with Crippen LogP contribution in [0.5, 0.6) is 0 Å². The van der Waals surface area contributed by atoms with Crippen molar-refractivity contribution in [2.75, 3.05) is 10.6 Å². The zero-order valence-electron chi connectivity index (χ0n) is 18.1. The van der Waals surface area contributed by atoms with Gasteiger partial charge in [-0.1, -0.05) is 61.2 Å². The fourth-order valence-electron chi connectivity index (χ4n) is 3.87. The summed E-state index contributed by atoms with van der Waals surface area (Å²) in [7, 11) is 0. The number of rotatable bonds is 7. The Balaban J connectivity index is 1.55. The molecule has 170 valence electrons. The average molecular weight is 480 g/mol. The van der Waals surface area contributed by atoms with Crippen LogP contribution < -0.4 is 15.4 Å². The van der Waals surface area contributed by atoms with E-state index in [4.69, 9.17) is 11.6 Å². The number of hydrogen-bond acceptors (Lipinski definition) is 4. The summed E-state index contributed by atoms with van der Waals surface area (Å²) in [6.45, 7) is 0.